The van der Waals surface area contributed by atoms with Crippen molar-refractivity contribution in [3.63, 3.8) is 0 Å². The smallest absolute Gasteiger partial charge is 0.339 e. The largest absolute Gasteiger partial charge is 0.464 e. The molecule has 1 N–H and O–H groups in total. The van der Waals surface area contributed by atoms with E-state index >= 15 is 0 Å². The molecule has 1 atom stereocenters. The summed E-state index contributed by atoms with van der Waals surface area (Å²) < 4.78 is 17.9. The van der Waals surface area contributed by atoms with Crippen LogP contribution in [-0.4, -0.2) is 17.7 Å². The molecule has 0 spiro atoms. The molecule has 0 fully saturated rings. The molecule has 0 amide bonds. The maximum atomic E-state index is 13.2. The van der Waals surface area contributed by atoms with Crippen molar-refractivity contribution in [3.05, 3.63) is 34.6 Å². The number of hydrogen-bond acceptors (Lipinski definition) is 3. The first-order chi connectivity index (χ1) is 7.47. The molecule has 0 saturated heterocycles. The van der Waals surface area contributed by atoms with E-state index in [1.165, 1.54) is 12.1 Å². The average Bonchev–Trinajstić information content (AvgIpc) is 2.23. The predicted molar refractivity (Wildman–Crippen MR) is 57.5 cm³/mol. The lowest BCUT2D eigenvalue weighted by molar-refractivity contribution is -0.153. The van der Waals surface area contributed by atoms with Gasteiger partial charge in [0.05, 0.1) is 6.61 Å². The highest BCUT2D eigenvalue weighted by atomic mass is 19.1. The van der Waals surface area contributed by atoms with E-state index in [-0.39, 0.29) is 12.4 Å². The van der Waals surface area contributed by atoms with Crippen LogP contribution in [0.5, 0.6) is 0 Å². The topological polar surface area (TPSA) is 46.5 Å². The minimum Gasteiger partial charge on any atom is -0.464 e. The number of halogens is 1. The standard InChI is InChI=1S/C12H15FO3/c1-4-16-12(15)11(14)9-5-8(3)10(13)6-7(9)2/h5-6,11,14H,4H2,1-3H3. The molecule has 0 aromatic heterocycles. The number of carbonyl (C=O) groups is 1. The Labute approximate surface area is 93.9 Å². The van der Waals surface area contributed by atoms with Crippen molar-refractivity contribution in [2.24, 2.45) is 0 Å². The average molecular weight is 226 g/mol. The third-order valence-corrected chi connectivity index (χ3v) is 2.35. The number of carbonyl (C=O) groups excluding carboxylic acids is 1. The minimum atomic E-state index is -1.35. The van der Waals surface area contributed by atoms with Gasteiger partial charge in [0, 0.05) is 0 Å². The van der Waals surface area contributed by atoms with Gasteiger partial charge in [-0.15, -0.1) is 0 Å². The lowest BCUT2D eigenvalue weighted by atomic mass is 10.0. The van der Waals surface area contributed by atoms with E-state index in [1.807, 2.05) is 0 Å². The van der Waals surface area contributed by atoms with E-state index in [0.717, 1.165) is 0 Å². The highest BCUT2D eigenvalue weighted by Gasteiger charge is 2.21. The summed E-state index contributed by atoms with van der Waals surface area (Å²) in [7, 11) is 0. The van der Waals surface area contributed by atoms with Gasteiger partial charge in [-0.2, -0.15) is 0 Å². The quantitative estimate of drug-likeness (QED) is 0.802. The lowest BCUT2D eigenvalue weighted by Gasteiger charge is -2.13. The van der Waals surface area contributed by atoms with Crippen LogP contribution >= 0.6 is 0 Å². The summed E-state index contributed by atoms with van der Waals surface area (Å²) in [5.41, 5.74) is 1.31. The first-order valence-corrected chi connectivity index (χ1v) is 5.08. The summed E-state index contributed by atoms with van der Waals surface area (Å²) in [5.74, 6) is -1.06. The first kappa shape index (κ1) is 12.6. The van der Waals surface area contributed by atoms with Crippen LogP contribution in [0.4, 0.5) is 4.39 Å². The van der Waals surface area contributed by atoms with Gasteiger partial charge in [-0.25, -0.2) is 9.18 Å². The molecule has 0 aliphatic carbocycles. The fourth-order valence-corrected chi connectivity index (χ4v) is 1.45. The van der Waals surface area contributed by atoms with Crippen LogP contribution in [0.15, 0.2) is 12.1 Å². The van der Waals surface area contributed by atoms with E-state index in [4.69, 9.17) is 4.74 Å². The minimum absolute atomic E-state index is 0.203. The number of aliphatic hydroxyl groups is 1. The second-order valence-corrected chi connectivity index (χ2v) is 3.61. The van der Waals surface area contributed by atoms with Crippen molar-refractivity contribution < 1.29 is 19.0 Å². The molecule has 0 radical (unpaired) electrons. The molecule has 4 heteroatoms. The number of aryl methyl sites for hydroxylation is 2. The molecule has 16 heavy (non-hydrogen) atoms. The molecule has 0 heterocycles. The van der Waals surface area contributed by atoms with Crippen LogP contribution in [0.2, 0.25) is 0 Å². The molecule has 0 aliphatic heterocycles. The Bertz CT molecular complexity index is 401. The summed E-state index contributed by atoms with van der Waals surface area (Å²) in [6.45, 7) is 5.08. The second-order valence-electron chi connectivity index (χ2n) is 3.61. The monoisotopic (exact) mass is 226 g/mol. The van der Waals surface area contributed by atoms with E-state index in [2.05, 4.69) is 0 Å². The van der Waals surface area contributed by atoms with Crippen molar-refractivity contribution in [1.29, 1.82) is 0 Å². The van der Waals surface area contributed by atoms with E-state index in [1.54, 1.807) is 20.8 Å². The Morgan fingerprint density at radius 2 is 2.06 bits per heavy atom. The Morgan fingerprint density at radius 3 is 2.62 bits per heavy atom. The summed E-state index contributed by atoms with van der Waals surface area (Å²) in [6.07, 6.45) is -1.35. The van der Waals surface area contributed by atoms with Crippen LogP contribution < -0.4 is 0 Å². The maximum absolute atomic E-state index is 13.2. The van der Waals surface area contributed by atoms with Gasteiger partial charge in [0.25, 0.3) is 0 Å². The van der Waals surface area contributed by atoms with Gasteiger partial charge in [0.2, 0.25) is 0 Å². The first-order valence-electron chi connectivity index (χ1n) is 5.08. The van der Waals surface area contributed by atoms with E-state index < -0.39 is 12.1 Å². The SMILES string of the molecule is CCOC(=O)C(O)c1cc(C)c(F)cc1C. The highest BCUT2D eigenvalue weighted by Crippen LogP contribution is 2.22. The molecule has 0 saturated carbocycles. The number of hydrogen-bond donors (Lipinski definition) is 1. The van der Waals surface area contributed by atoms with Gasteiger partial charge >= 0.3 is 5.97 Å². The zero-order chi connectivity index (χ0) is 12.3. The Hall–Kier alpha value is -1.42. The van der Waals surface area contributed by atoms with Crippen molar-refractivity contribution in [3.8, 4) is 0 Å². The predicted octanol–water partition coefficient (Wildman–Crippen LogP) is 2.04. The fraction of sp³-hybridized carbons (Fsp3) is 0.417. The van der Waals surface area contributed by atoms with Gasteiger partial charge in [-0.3, -0.25) is 0 Å². The summed E-state index contributed by atoms with van der Waals surface area (Å²) in [4.78, 5) is 11.3. The van der Waals surface area contributed by atoms with Gasteiger partial charge in [0.1, 0.15) is 5.82 Å². The van der Waals surface area contributed by atoms with Crippen molar-refractivity contribution in [2.75, 3.05) is 6.61 Å². The molecule has 1 unspecified atom stereocenters. The number of ether oxygens (including phenoxy) is 1. The number of esters is 1. The number of aliphatic hydroxyl groups excluding tert-OH is 1. The molecular formula is C12H15FO3. The molecule has 1 aromatic carbocycles. The van der Waals surface area contributed by atoms with Gasteiger partial charge in [-0.05, 0) is 49.6 Å². The zero-order valence-electron chi connectivity index (χ0n) is 9.58. The molecular weight excluding hydrogens is 211 g/mol. The second kappa shape index (κ2) is 5.07. The normalized spacial score (nSPS) is 12.3. The fourth-order valence-electron chi connectivity index (χ4n) is 1.45. The van der Waals surface area contributed by atoms with Crippen molar-refractivity contribution in [2.45, 2.75) is 26.9 Å². The molecule has 1 aromatic rings. The molecule has 0 bridgehead atoms. The number of rotatable bonds is 3. The Balaban J connectivity index is 3.04. The van der Waals surface area contributed by atoms with Crippen LogP contribution in [0.1, 0.15) is 29.7 Å². The van der Waals surface area contributed by atoms with Crippen LogP contribution in [0.25, 0.3) is 0 Å². The number of benzene rings is 1. The molecule has 1 rings (SSSR count). The summed E-state index contributed by atoms with van der Waals surface area (Å²) in [6, 6.07) is 2.76. The van der Waals surface area contributed by atoms with Gasteiger partial charge in [-0.1, -0.05) is 0 Å². The molecule has 88 valence electrons. The summed E-state index contributed by atoms with van der Waals surface area (Å²) >= 11 is 0. The molecule has 0 aliphatic rings. The lowest BCUT2D eigenvalue weighted by Crippen LogP contribution is -2.16. The van der Waals surface area contributed by atoms with Crippen LogP contribution in [-0.2, 0) is 9.53 Å². The van der Waals surface area contributed by atoms with E-state index in [0.29, 0.717) is 16.7 Å². The van der Waals surface area contributed by atoms with Gasteiger partial charge in [0.15, 0.2) is 6.10 Å². The zero-order valence-corrected chi connectivity index (χ0v) is 9.58. The Kier molecular flexibility index (Phi) is 4.01. The Morgan fingerprint density at radius 1 is 1.44 bits per heavy atom. The van der Waals surface area contributed by atoms with Gasteiger partial charge < -0.3 is 9.84 Å². The van der Waals surface area contributed by atoms with Crippen LogP contribution in [0.3, 0.4) is 0 Å². The highest BCUT2D eigenvalue weighted by molar-refractivity contribution is 5.76. The third-order valence-electron chi connectivity index (χ3n) is 2.35. The van der Waals surface area contributed by atoms with Crippen molar-refractivity contribution in [1.82, 2.24) is 0 Å². The third kappa shape index (κ3) is 2.58. The van der Waals surface area contributed by atoms with Crippen molar-refractivity contribution >= 4 is 5.97 Å². The maximum Gasteiger partial charge on any atom is 0.339 e. The van der Waals surface area contributed by atoms with E-state index in [9.17, 15) is 14.3 Å². The van der Waals surface area contributed by atoms with Crippen LogP contribution in [0, 0.1) is 19.7 Å². The molecule has 3 nitrogen and oxygen atoms in total. The summed E-state index contributed by atoms with van der Waals surface area (Å²) in [5, 5.41) is 9.72.